The van der Waals surface area contributed by atoms with Crippen LogP contribution in [-0.4, -0.2) is 85.6 Å². The van der Waals surface area contributed by atoms with Crippen molar-refractivity contribution in [1.29, 1.82) is 0 Å². The van der Waals surface area contributed by atoms with Gasteiger partial charge in [0, 0.05) is 98.3 Å². The second-order valence-electron chi connectivity index (χ2n) is 16.2. The molecule has 2 aliphatic rings. The first-order valence-corrected chi connectivity index (χ1v) is 22.6. The summed E-state index contributed by atoms with van der Waals surface area (Å²) in [6.07, 6.45) is 11.3. The zero-order valence-electron chi connectivity index (χ0n) is 35.6. The van der Waals surface area contributed by atoms with Crippen LogP contribution >= 0.6 is 34.8 Å². The molecule has 8 rings (SSSR count). The number of amides is 2. The van der Waals surface area contributed by atoms with E-state index in [0.717, 1.165) is 88.2 Å². The summed E-state index contributed by atoms with van der Waals surface area (Å²) in [4.78, 5) is 37.7. The van der Waals surface area contributed by atoms with E-state index in [1.165, 1.54) is 17.7 Å². The molecule has 0 saturated carbocycles. The Morgan fingerprint density at radius 3 is 1.80 bits per heavy atom. The van der Waals surface area contributed by atoms with Crippen molar-refractivity contribution in [3.05, 3.63) is 159 Å². The highest BCUT2D eigenvalue weighted by Crippen LogP contribution is 2.30. The highest BCUT2D eigenvalue weighted by atomic mass is 35.5. The molecule has 2 amide bonds. The average molecular weight is 950 g/mol. The molecule has 5 heterocycles. The molecule has 3 aromatic heterocycles. The molecule has 0 aliphatic carbocycles. The van der Waals surface area contributed by atoms with E-state index >= 15 is 0 Å². The van der Waals surface area contributed by atoms with Crippen molar-refractivity contribution in [2.45, 2.75) is 69.9 Å². The highest BCUT2D eigenvalue weighted by molar-refractivity contribution is 6.31. The van der Waals surface area contributed by atoms with E-state index in [-0.39, 0.29) is 30.5 Å². The number of ether oxygens (including phenoxy) is 1. The monoisotopic (exact) mass is 948 g/mol. The molecule has 3 aromatic carbocycles. The van der Waals surface area contributed by atoms with Gasteiger partial charge in [-0.1, -0.05) is 53.0 Å². The molecule has 0 spiro atoms. The molecule has 0 atom stereocenters. The van der Waals surface area contributed by atoms with Crippen molar-refractivity contribution in [2.75, 3.05) is 32.8 Å². The molecule has 11 nitrogen and oxygen atoms in total. The van der Waals surface area contributed by atoms with Gasteiger partial charge < -0.3 is 19.9 Å². The van der Waals surface area contributed by atoms with Gasteiger partial charge >= 0.3 is 6.18 Å². The van der Waals surface area contributed by atoms with Crippen molar-refractivity contribution in [3.63, 3.8) is 0 Å². The zero-order chi connectivity index (χ0) is 45.8. The standard InChI is InChI=1S/C26H27ClF3N3O.C22H23Cl2N5O2/c27-22-3-1-2-19(16-22)4-9-25(34)31-23-11-13-32(14-12-23)17-20-10-15-33(18-20)24-7-5-21(6-8-24)26(28,29)30;23-17-2-1-3-20(10-17)31-15-21(30)27-19-5-7-28(8-6-19)13-16-4-9-29(14-16)22-25-11-18(24)12-26-22/h1-3,5-8,10,15-16,18,23H,4,9,11-14,17H2,(H,31,34);1-4,9-12,14,19H,5-8,13,15H2,(H,27,30). The fraction of sp³-hybridized carbons (Fsp3) is 0.333. The summed E-state index contributed by atoms with van der Waals surface area (Å²) >= 11 is 17.8. The topological polar surface area (TPSA) is 110 Å². The summed E-state index contributed by atoms with van der Waals surface area (Å²) in [5.74, 6) is 1.14. The van der Waals surface area contributed by atoms with E-state index in [1.807, 2.05) is 64.3 Å². The number of halogens is 6. The molecule has 65 heavy (non-hydrogen) atoms. The van der Waals surface area contributed by atoms with E-state index in [9.17, 15) is 22.8 Å². The van der Waals surface area contributed by atoms with Crippen molar-refractivity contribution < 1.29 is 27.5 Å². The van der Waals surface area contributed by atoms with Gasteiger partial charge in [0.1, 0.15) is 5.75 Å². The van der Waals surface area contributed by atoms with Gasteiger partial charge in [-0.2, -0.15) is 13.2 Å². The van der Waals surface area contributed by atoms with Gasteiger partial charge in [0.05, 0.1) is 23.0 Å². The van der Waals surface area contributed by atoms with Crippen molar-refractivity contribution >= 4 is 46.6 Å². The number of nitrogens with zero attached hydrogens (tertiary/aromatic N) is 6. The first-order valence-electron chi connectivity index (χ1n) is 21.5. The normalized spacial score (nSPS) is 15.2. The molecule has 2 aliphatic heterocycles. The molecule has 17 heteroatoms. The summed E-state index contributed by atoms with van der Waals surface area (Å²) in [6.45, 7) is 5.20. The summed E-state index contributed by atoms with van der Waals surface area (Å²) in [5, 5.41) is 7.99. The lowest BCUT2D eigenvalue weighted by atomic mass is 10.0. The number of likely N-dealkylation sites (tertiary alicyclic amines) is 2. The van der Waals surface area contributed by atoms with Gasteiger partial charge in [0.25, 0.3) is 5.91 Å². The predicted octanol–water partition coefficient (Wildman–Crippen LogP) is 9.60. The van der Waals surface area contributed by atoms with Crippen LogP contribution in [0.25, 0.3) is 11.6 Å². The van der Waals surface area contributed by atoms with Gasteiger partial charge in [-0.3, -0.25) is 24.0 Å². The average Bonchev–Trinajstić information content (AvgIpc) is 3.97. The third kappa shape index (κ3) is 14.8. The van der Waals surface area contributed by atoms with Crippen LogP contribution in [0.4, 0.5) is 13.2 Å². The van der Waals surface area contributed by atoms with Crippen LogP contribution in [0, 0.1) is 0 Å². The number of nitrogens with one attached hydrogen (secondary N) is 2. The number of piperidine rings is 2. The maximum absolute atomic E-state index is 12.8. The molecule has 0 radical (unpaired) electrons. The van der Waals surface area contributed by atoms with E-state index in [4.69, 9.17) is 39.5 Å². The van der Waals surface area contributed by atoms with Crippen molar-refractivity contribution in [2.24, 2.45) is 0 Å². The Kier molecular flexibility index (Phi) is 16.6. The number of carbonyl (C=O) groups is 2. The minimum Gasteiger partial charge on any atom is -0.484 e. The number of rotatable bonds is 14. The van der Waals surface area contributed by atoms with Crippen LogP contribution in [0.1, 0.15) is 54.4 Å². The Balaban J connectivity index is 0.000000195. The fourth-order valence-electron chi connectivity index (χ4n) is 7.83. The Morgan fingerprint density at radius 2 is 1.22 bits per heavy atom. The summed E-state index contributed by atoms with van der Waals surface area (Å²) in [6, 6.07) is 24.2. The maximum atomic E-state index is 12.8. The minimum atomic E-state index is -4.33. The summed E-state index contributed by atoms with van der Waals surface area (Å²) < 4.78 is 47.5. The van der Waals surface area contributed by atoms with E-state index in [1.54, 1.807) is 36.7 Å². The van der Waals surface area contributed by atoms with E-state index < -0.39 is 11.7 Å². The molecule has 2 saturated heterocycles. The number of hydrogen-bond donors (Lipinski definition) is 2. The number of carbonyl (C=O) groups excluding carboxylic acids is 2. The summed E-state index contributed by atoms with van der Waals surface area (Å²) in [7, 11) is 0. The SMILES string of the molecule is O=C(CCc1cccc(Cl)c1)NC1CCN(Cc2ccn(-c3ccc(C(F)(F)F)cc3)c2)CC1.O=C(COc1cccc(Cl)c1)NC1CCN(Cc2ccn(-c3ncc(Cl)cn3)c2)CC1. The number of benzene rings is 3. The Labute approximate surface area is 391 Å². The van der Waals surface area contributed by atoms with Crippen LogP contribution in [0.5, 0.6) is 5.75 Å². The lowest BCUT2D eigenvalue weighted by molar-refractivity contribution is -0.137. The molecular formula is C48H50Cl3F3N8O3. The lowest BCUT2D eigenvalue weighted by Crippen LogP contribution is -2.45. The van der Waals surface area contributed by atoms with E-state index in [0.29, 0.717) is 45.3 Å². The first-order chi connectivity index (χ1) is 31.3. The first kappa shape index (κ1) is 47.6. The highest BCUT2D eigenvalue weighted by Gasteiger charge is 2.30. The van der Waals surface area contributed by atoms with Gasteiger partial charge in [-0.05, 0) is 116 Å². The Hall–Kier alpha value is -5.38. The molecule has 0 bridgehead atoms. The largest absolute Gasteiger partial charge is 0.484 e. The zero-order valence-corrected chi connectivity index (χ0v) is 37.8. The number of hydrogen-bond acceptors (Lipinski definition) is 7. The van der Waals surface area contributed by atoms with Gasteiger partial charge in [-0.15, -0.1) is 0 Å². The van der Waals surface area contributed by atoms with Crippen LogP contribution in [0.15, 0.2) is 122 Å². The maximum Gasteiger partial charge on any atom is 0.416 e. The molecule has 342 valence electrons. The molecular weight excluding hydrogens is 900 g/mol. The minimum absolute atomic E-state index is 0.0131. The quantitative estimate of drug-likeness (QED) is 0.112. The predicted molar refractivity (Wildman–Crippen MR) is 247 cm³/mol. The second-order valence-corrected chi connectivity index (χ2v) is 17.5. The third-order valence-electron chi connectivity index (χ3n) is 11.3. The van der Waals surface area contributed by atoms with Gasteiger partial charge in [-0.25, -0.2) is 9.97 Å². The second kappa shape index (κ2) is 22.7. The fourth-order valence-corrected chi connectivity index (χ4v) is 8.32. The lowest BCUT2D eigenvalue weighted by Gasteiger charge is -2.32. The number of aromatic nitrogens is 4. The molecule has 2 fully saturated rings. The van der Waals surface area contributed by atoms with E-state index in [2.05, 4.69) is 36.5 Å². The van der Waals surface area contributed by atoms with Gasteiger partial charge in [0.2, 0.25) is 11.9 Å². The van der Waals surface area contributed by atoms with Crippen molar-refractivity contribution in [3.8, 4) is 17.4 Å². The Morgan fingerprint density at radius 1 is 0.662 bits per heavy atom. The Bertz CT molecular complexity index is 2470. The number of aryl methyl sites for hydroxylation is 1. The van der Waals surface area contributed by atoms with Crippen LogP contribution in [-0.2, 0) is 35.3 Å². The van der Waals surface area contributed by atoms with Gasteiger partial charge in [0.15, 0.2) is 6.61 Å². The smallest absolute Gasteiger partial charge is 0.416 e. The third-order valence-corrected chi connectivity index (χ3v) is 11.9. The molecule has 6 aromatic rings. The summed E-state index contributed by atoms with van der Waals surface area (Å²) in [5.41, 5.74) is 3.39. The molecule has 0 unspecified atom stereocenters. The van der Waals surface area contributed by atoms with Crippen molar-refractivity contribution in [1.82, 2.24) is 39.5 Å². The van der Waals surface area contributed by atoms with Crippen LogP contribution in [0.2, 0.25) is 15.1 Å². The molecule has 2 N–H and O–H groups in total. The van der Waals surface area contributed by atoms with Crippen LogP contribution < -0.4 is 15.4 Å². The number of alkyl halides is 3. The van der Waals surface area contributed by atoms with Crippen LogP contribution in [0.3, 0.4) is 0 Å².